The molecule has 0 spiro atoms. The van der Waals surface area contributed by atoms with E-state index in [0.717, 1.165) is 5.56 Å². The minimum absolute atomic E-state index is 0.0488. The summed E-state index contributed by atoms with van der Waals surface area (Å²) in [6, 6.07) is 10.2. The van der Waals surface area contributed by atoms with Gasteiger partial charge in [0.15, 0.2) is 0 Å². The van der Waals surface area contributed by atoms with Crippen LogP contribution in [0.2, 0.25) is 0 Å². The highest BCUT2D eigenvalue weighted by atomic mass is 16.5. The summed E-state index contributed by atoms with van der Waals surface area (Å²) in [6.07, 6.45) is 2.15. The number of ether oxygens (including phenoxy) is 1. The van der Waals surface area contributed by atoms with Crippen LogP contribution < -0.4 is 0 Å². The molecule has 2 heteroatoms. The van der Waals surface area contributed by atoms with E-state index in [1.54, 1.807) is 0 Å². The molecular formula is C16H22O2. The SMILES string of the molecule is CC1(C)OCC(C(C)(C)O)/C1=C/c1ccccc1. The van der Waals surface area contributed by atoms with E-state index in [4.69, 9.17) is 4.74 Å². The lowest BCUT2D eigenvalue weighted by atomic mass is 9.80. The predicted molar refractivity (Wildman–Crippen MR) is 74.2 cm³/mol. The monoisotopic (exact) mass is 246 g/mol. The lowest BCUT2D eigenvalue weighted by Gasteiger charge is -2.28. The van der Waals surface area contributed by atoms with Gasteiger partial charge < -0.3 is 9.84 Å². The van der Waals surface area contributed by atoms with Crippen molar-refractivity contribution in [3.8, 4) is 0 Å². The first-order valence-electron chi connectivity index (χ1n) is 6.44. The average molecular weight is 246 g/mol. The molecule has 1 N–H and O–H groups in total. The Bertz CT molecular complexity index is 438. The van der Waals surface area contributed by atoms with Gasteiger partial charge in [-0.2, -0.15) is 0 Å². The number of rotatable bonds is 2. The summed E-state index contributed by atoms with van der Waals surface area (Å²) in [4.78, 5) is 0. The van der Waals surface area contributed by atoms with Gasteiger partial charge in [0.2, 0.25) is 0 Å². The smallest absolute Gasteiger partial charge is 0.0843 e. The van der Waals surface area contributed by atoms with Gasteiger partial charge in [-0.3, -0.25) is 0 Å². The van der Waals surface area contributed by atoms with Crippen molar-refractivity contribution in [2.45, 2.75) is 38.9 Å². The summed E-state index contributed by atoms with van der Waals surface area (Å²) in [5, 5.41) is 10.3. The lowest BCUT2D eigenvalue weighted by molar-refractivity contribution is 0.00393. The number of benzene rings is 1. The van der Waals surface area contributed by atoms with Crippen molar-refractivity contribution < 1.29 is 9.84 Å². The summed E-state index contributed by atoms with van der Waals surface area (Å²) in [5.41, 5.74) is 1.26. The molecule has 0 amide bonds. The third-order valence-corrected chi connectivity index (χ3v) is 3.66. The molecule has 98 valence electrons. The zero-order chi connectivity index (χ0) is 13.4. The second-order valence-corrected chi connectivity index (χ2v) is 6.04. The summed E-state index contributed by atoms with van der Waals surface area (Å²) in [5.74, 6) is 0.0488. The summed E-state index contributed by atoms with van der Waals surface area (Å²) >= 11 is 0. The predicted octanol–water partition coefficient (Wildman–Crippen LogP) is 3.27. The molecule has 0 bridgehead atoms. The van der Waals surface area contributed by atoms with Gasteiger partial charge in [0.1, 0.15) is 0 Å². The first kappa shape index (κ1) is 13.3. The fourth-order valence-electron chi connectivity index (χ4n) is 2.47. The van der Waals surface area contributed by atoms with E-state index in [-0.39, 0.29) is 11.5 Å². The molecule has 1 fully saturated rings. The largest absolute Gasteiger partial charge is 0.390 e. The quantitative estimate of drug-likeness (QED) is 0.868. The van der Waals surface area contributed by atoms with Crippen molar-refractivity contribution in [2.75, 3.05) is 6.61 Å². The topological polar surface area (TPSA) is 29.5 Å². The maximum absolute atomic E-state index is 10.3. The zero-order valence-electron chi connectivity index (χ0n) is 11.6. The van der Waals surface area contributed by atoms with Crippen LogP contribution in [0.15, 0.2) is 35.9 Å². The van der Waals surface area contributed by atoms with Crippen molar-refractivity contribution in [3.05, 3.63) is 41.5 Å². The summed E-state index contributed by atoms with van der Waals surface area (Å²) in [7, 11) is 0. The van der Waals surface area contributed by atoms with Gasteiger partial charge in [-0.15, -0.1) is 0 Å². The van der Waals surface area contributed by atoms with Crippen LogP contribution >= 0.6 is 0 Å². The van der Waals surface area contributed by atoms with Crippen molar-refractivity contribution in [1.82, 2.24) is 0 Å². The highest BCUT2D eigenvalue weighted by Crippen LogP contribution is 2.41. The highest BCUT2D eigenvalue weighted by Gasteiger charge is 2.44. The first-order valence-corrected chi connectivity index (χ1v) is 6.44. The Morgan fingerprint density at radius 3 is 2.44 bits per heavy atom. The number of hydrogen-bond acceptors (Lipinski definition) is 2. The Morgan fingerprint density at radius 1 is 1.28 bits per heavy atom. The third-order valence-electron chi connectivity index (χ3n) is 3.66. The average Bonchev–Trinajstić information content (AvgIpc) is 2.56. The van der Waals surface area contributed by atoms with E-state index in [1.807, 2.05) is 32.0 Å². The van der Waals surface area contributed by atoms with Crippen molar-refractivity contribution in [3.63, 3.8) is 0 Å². The fourth-order valence-corrected chi connectivity index (χ4v) is 2.47. The number of aliphatic hydroxyl groups is 1. The summed E-state index contributed by atoms with van der Waals surface area (Å²) < 4.78 is 5.84. The van der Waals surface area contributed by atoms with Gasteiger partial charge in [-0.1, -0.05) is 36.4 Å². The fraction of sp³-hybridized carbons (Fsp3) is 0.500. The van der Waals surface area contributed by atoms with Gasteiger partial charge in [-0.25, -0.2) is 0 Å². The molecule has 0 radical (unpaired) electrons. The Balaban J connectivity index is 2.40. The second kappa shape index (κ2) is 4.52. The van der Waals surface area contributed by atoms with Crippen LogP contribution in [0.1, 0.15) is 33.3 Å². The van der Waals surface area contributed by atoms with Crippen LogP contribution in [0.25, 0.3) is 6.08 Å². The molecule has 0 aromatic heterocycles. The molecule has 0 saturated carbocycles. The molecule has 2 rings (SSSR count). The van der Waals surface area contributed by atoms with Gasteiger partial charge >= 0.3 is 0 Å². The number of hydrogen-bond donors (Lipinski definition) is 1. The van der Waals surface area contributed by atoms with E-state index < -0.39 is 5.60 Å². The molecule has 1 aromatic carbocycles. The highest BCUT2D eigenvalue weighted by molar-refractivity contribution is 5.56. The van der Waals surface area contributed by atoms with E-state index >= 15 is 0 Å². The third kappa shape index (κ3) is 2.65. The van der Waals surface area contributed by atoms with Crippen LogP contribution in [-0.2, 0) is 4.74 Å². The Morgan fingerprint density at radius 2 is 1.89 bits per heavy atom. The van der Waals surface area contributed by atoms with Crippen LogP contribution in [-0.4, -0.2) is 22.9 Å². The normalized spacial score (nSPS) is 25.6. The van der Waals surface area contributed by atoms with Crippen molar-refractivity contribution in [2.24, 2.45) is 5.92 Å². The van der Waals surface area contributed by atoms with Crippen molar-refractivity contribution >= 4 is 6.08 Å². The minimum Gasteiger partial charge on any atom is -0.390 e. The van der Waals surface area contributed by atoms with Crippen LogP contribution in [0.5, 0.6) is 0 Å². The van der Waals surface area contributed by atoms with Gasteiger partial charge in [0.25, 0.3) is 0 Å². The molecule has 1 heterocycles. The van der Waals surface area contributed by atoms with E-state index in [2.05, 4.69) is 32.1 Å². The molecule has 1 saturated heterocycles. The lowest BCUT2D eigenvalue weighted by Crippen LogP contribution is -2.33. The second-order valence-electron chi connectivity index (χ2n) is 6.04. The maximum Gasteiger partial charge on any atom is 0.0843 e. The van der Waals surface area contributed by atoms with E-state index in [1.165, 1.54) is 5.57 Å². The molecule has 2 nitrogen and oxygen atoms in total. The zero-order valence-corrected chi connectivity index (χ0v) is 11.6. The van der Waals surface area contributed by atoms with Crippen molar-refractivity contribution in [1.29, 1.82) is 0 Å². The van der Waals surface area contributed by atoms with Gasteiger partial charge in [0.05, 0.1) is 17.8 Å². The van der Waals surface area contributed by atoms with E-state index in [9.17, 15) is 5.11 Å². The van der Waals surface area contributed by atoms with E-state index in [0.29, 0.717) is 6.61 Å². The van der Waals surface area contributed by atoms with Crippen LogP contribution in [0.4, 0.5) is 0 Å². The Kier molecular flexibility index (Phi) is 3.35. The molecule has 1 aromatic rings. The maximum atomic E-state index is 10.3. The molecule has 1 aliphatic rings. The molecule has 1 atom stereocenters. The Hall–Kier alpha value is -1.12. The van der Waals surface area contributed by atoms with Crippen LogP contribution in [0, 0.1) is 5.92 Å². The standard InChI is InChI=1S/C16H22O2/c1-15(2,17)14-11-18-16(3,4)13(14)10-12-8-6-5-7-9-12/h5-10,14,17H,11H2,1-4H3/b13-10-. The molecule has 1 unspecified atom stereocenters. The molecular weight excluding hydrogens is 224 g/mol. The minimum atomic E-state index is -0.756. The summed E-state index contributed by atoms with van der Waals surface area (Å²) in [6.45, 7) is 8.40. The molecule has 18 heavy (non-hydrogen) atoms. The Labute approximate surface area is 109 Å². The first-order chi connectivity index (χ1) is 8.31. The van der Waals surface area contributed by atoms with Gasteiger partial charge in [-0.05, 0) is 38.8 Å². The van der Waals surface area contributed by atoms with Crippen LogP contribution in [0.3, 0.4) is 0 Å². The molecule has 1 aliphatic heterocycles. The van der Waals surface area contributed by atoms with Gasteiger partial charge in [0, 0.05) is 5.92 Å². The molecule has 0 aliphatic carbocycles.